The molecule has 2 rings (SSSR count). The summed E-state index contributed by atoms with van der Waals surface area (Å²) < 4.78 is 0. The minimum absolute atomic E-state index is 0.0255. The molecule has 0 radical (unpaired) electrons. The zero-order chi connectivity index (χ0) is 19.1. The van der Waals surface area contributed by atoms with Crippen LogP contribution in [0.1, 0.15) is 22.8 Å². The van der Waals surface area contributed by atoms with Crippen LogP contribution >= 0.6 is 0 Å². The van der Waals surface area contributed by atoms with Gasteiger partial charge in [-0.1, -0.05) is 30.3 Å². The summed E-state index contributed by atoms with van der Waals surface area (Å²) in [5.41, 5.74) is 1.06. The molecule has 4 N–H and O–H groups in total. The molecule has 0 bridgehead atoms. The Kier molecular flexibility index (Phi) is 6.32. The first-order chi connectivity index (χ1) is 12.4. The quantitative estimate of drug-likeness (QED) is 0.597. The Morgan fingerprint density at radius 2 is 1.58 bits per heavy atom. The summed E-state index contributed by atoms with van der Waals surface area (Å²) in [6.45, 7) is 1.47. The van der Waals surface area contributed by atoms with E-state index in [2.05, 4.69) is 10.6 Å². The molecule has 7 heteroatoms. The monoisotopic (exact) mass is 356 g/mol. The zero-order valence-corrected chi connectivity index (χ0v) is 14.2. The third kappa shape index (κ3) is 5.34. The number of carboxylic acid groups (broad SMARTS) is 1. The molecule has 26 heavy (non-hydrogen) atoms. The number of amides is 2. The number of carboxylic acids is 1. The van der Waals surface area contributed by atoms with E-state index < -0.39 is 29.9 Å². The van der Waals surface area contributed by atoms with Gasteiger partial charge in [-0.3, -0.25) is 9.59 Å². The largest absolute Gasteiger partial charge is 0.508 e. The molecule has 0 heterocycles. The number of carbonyl (C=O) groups excluding carboxylic acids is 2. The number of hydrogen-bond donors (Lipinski definition) is 4. The van der Waals surface area contributed by atoms with Crippen LogP contribution in [0.4, 0.5) is 0 Å². The van der Waals surface area contributed by atoms with Crippen molar-refractivity contribution in [3.05, 3.63) is 65.7 Å². The molecule has 7 nitrogen and oxygen atoms in total. The summed E-state index contributed by atoms with van der Waals surface area (Å²) in [6.07, 6.45) is 0.139. The molecule has 2 atom stereocenters. The van der Waals surface area contributed by atoms with E-state index in [1.54, 1.807) is 24.3 Å². The molecule has 2 amide bonds. The number of phenolic OH excluding ortho intramolecular Hbond substituents is 1. The molecule has 2 aromatic carbocycles. The molecule has 0 spiro atoms. The molecule has 0 aliphatic carbocycles. The van der Waals surface area contributed by atoms with Gasteiger partial charge in [-0.15, -0.1) is 0 Å². The van der Waals surface area contributed by atoms with Crippen LogP contribution in [-0.2, 0) is 16.0 Å². The highest BCUT2D eigenvalue weighted by Gasteiger charge is 2.24. The second-order valence-corrected chi connectivity index (χ2v) is 5.83. The lowest BCUT2D eigenvalue weighted by Crippen LogP contribution is -2.51. The lowest BCUT2D eigenvalue weighted by Gasteiger charge is -2.19. The fraction of sp³-hybridized carbons (Fsp3) is 0.211. The van der Waals surface area contributed by atoms with E-state index in [0.29, 0.717) is 0 Å². The van der Waals surface area contributed by atoms with Crippen LogP contribution in [0.3, 0.4) is 0 Å². The number of rotatable bonds is 7. The van der Waals surface area contributed by atoms with E-state index in [0.717, 1.165) is 5.56 Å². The van der Waals surface area contributed by atoms with Gasteiger partial charge in [0.15, 0.2) is 0 Å². The normalized spacial score (nSPS) is 12.7. The SMILES string of the molecule is C[C@H](NC(=O)c1ccc(O)cc1)C(=O)N[C@@H](Cc1ccccc1)C(=O)O. The van der Waals surface area contributed by atoms with Crippen molar-refractivity contribution in [3.8, 4) is 5.75 Å². The van der Waals surface area contributed by atoms with Crippen LogP contribution < -0.4 is 10.6 Å². The van der Waals surface area contributed by atoms with Gasteiger partial charge in [0.05, 0.1) is 0 Å². The molecule has 0 fully saturated rings. The average Bonchev–Trinajstić information content (AvgIpc) is 2.62. The standard InChI is InChI=1S/C19H20N2O5/c1-12(20-18(24)14-7-9-15(22)10-8-14)17(23)21-16(19(25)26)11-13-5-3-2-4-6-13/h2-10,12,16,22H,11H2,1H3,(H,20,24)(H,21,23)(H,25,26)/t12-,16-/m0/s1. The molecule has 0 saturated heterocycles. The average molecular weight is 356 g/mol. The van der Waals surface area contributed by atoms with Crippen LogP contribution in [0.25, 0.3) is 0 Å². The van der Waals surface area contributed by atoms with Crippen molar-refractivity contribution in [2.24, 2.45) is 0 Å². The number of aliphatic carboxylic acids is 1. The van der Waals surface area contributed by atoms with Crippen molar-refractivity contribution in [2.45, 2.75) is 25.4 Å². The van der Waals surface area contributed by atoms with Crippen LogP contribution in [0.2, 0.25) is 0 Å². The summed E-state index contributed by atoms with van der Waals surface area (Å²) in [7, 11) is 0. The summed E-state index contributed by atoms with van der Waals surface area (Å²) in [6, 6.07) is 12.5. The minimum atomic E-state index is -1.15. The van der Waals surface area contributed by atoms with Gasteiger partial charge < -0.3 is 20.8 Å². The molecule has 0 aliphatic rings. The first-order valence-electron chi connectivity index (χ1n) is 8.04. The topological polar surface area (TPSA) is 116 Å². The minimum Gasteiger partial charge on any atom is -0.508 e. The molecular formula is C19H20N2O5. The number of carbonyl (C=O) groups is 3. The number of hydrogen-bond acceptors (Lipinski definition) is 4. The second kappa shape index (κ2) is 8.66. The van der Waals surface area contributed by atoms with E-state index in [4.69, 9.17) is 0 Å². The van der Waals surface area contributed by atoms with Gasteiger partial charge >= 0.3 is 5.97 Å². The smallest absolute Gasteiger partial charge is 0.326 e. The van der Waals surface area contributed by atoms with Gasteiger partial charge in [-0.25, -0.2) is 4.79 Å². The Labute approximate surface area is 150 Å². The van der Waals surface area contributed by atoms with E-state index in [1.165, 1.54) is 31.2 Å². The second-order valence-electron chi connectivity index (χ2n) is 5.83. The Balaban J connectivity index is 1.96. The number of phenols is 1. The van der Waals surface area contributed by atoms with E-state index in [9.17, 15) is 24.6 Å². The van der Waals surface area contributed by atoms with Crippen molar-refractivity contribution in [1.82, 2.24) is 10.6 Å². The summed E-state index contributed by atoms with van der Waals surface area (Å²) in [5, 5.41) is 23.5. The lowest BCUT2D eigenvalue weighted by molar-refractivity contribution is -0.142. The summed E-state index contributed by atoms with van der Waals surface area (Å²) >= 11 is 0. The highest BCUT2D eigenvalue weighted by molar-refractivity contribution is 5.98. The molecule has 0 unspecified atom stereocenters. The van der Waals surface area contributed by atoms with Crippen LogP contribution in [0, 0.1) is 0 Å². The van der Waals surface area contributed by atoms with Gasteiger partial charge in [-0.2, -0.15) is 0 Å². The number of nitrogens with one attached hydrogen (secondary N) is 2. The summed E-state index contributed by atoms with van der Waals surface area (Å²) in [4.78, 5) is 35.7. The van der Waals surface area contributed by atoms with E-state index in [-0.39, 0.29) is 17.7 Å². The molecular weight excluding hydrogens is 336 g/mol. The highest BCUT2D eigenvalue weighted by Crippen LogP contribution is 2.09. The van der Waals surface area contributed by atoms with Gasteiger partial charge in [-0.05, 0) is 36.8 Å². The predicted molar refractivity (Wildman–Crippen MR) is 94.7 cm³/mol. The molecule has 0 aliphatic heterocycles. The molecule has 0 aromatic heterocycles. The van der Waals surface area contributed by atoms with Gasteiger partial charge in [0, 0.05) is 12.0 Å². The van der Waals surface area contributed by atoms with Crippen LogP contribution in [0.15, 0.2) is 54.6 Å². The maximum absolute atomic E-state index is 12.2. The zero-order valence-electron chi connectivity index (χ0n) is 14.2. The van der Waals surface area contributed by atoms with Crippen LogP contribution in [-0.4, -0.2) is 40.1 Å². The Hall–Kier alpha value is -3.35. The van der Waals surface area contributed by atoms with Crippen molar-refractivity contribution in [3.63, 3.8) is 0 Å². The molecule has 136 valence electrons. The predicted octanol–water partition coefficient (Wildman–Crippen LogP) is 1.32. The van der Waals surface area contributed by atoms with E-state index >= 15 is 0 Å². The van der Waals surface area contributed by atoms with Crippen LogP contribution in [0.5, 0.6) is 5.75 Å². The third-order valence-corrected chi connectivity index (χ3v) is 3.77. The molecule has 0 saturated carbocycles. The first-order valence-corrected chi connectivity index (χ1v) is 8.04. The number of benzene rings is 2. The van der Waals surface area contributed by atoms with Gasteiger partial charge in [0.1, 0.15) is 17.8 Å². The third-order valence-electron chi connectivity index (χ3n) is 3.77. The maximum Gasteiger partial charge on any atom is 0.326 e. The fourth-order valence-corrected chi connectivity index (χ4v) is 2.30. The first kappa shape index (κ1) is 19.0. The highest BCUT2D eigenvalue weighted by atomic mass is 16.4. The van der Waals surface area contributed by atoms with Gasteiger partial charge in [0.25, 0.3) is 5.91 Å². The number of aromatic hydroxyl groups is 1. The Morgan fingerprint density at radius 1 is 0.962 bits per heavy atom. The maximum atomic E-state index is 12.2. The van der Waals surface area contributed by atoms with Crippen molar-refractivity contribution < 1.29 is 24.6 Å². The Bertz CT molecular complexity index is 774. The van der Waals surface area contributed by atoms with Gasteiger partial charge in [0.2, 0.25) is 5.91 Å². The van der Waals surface area contributed by atoms with Crippen molar-refractivity contribution in [2.75, 3.05) is 0 Å². The van der Waals surface area contributed by atoms with E-state index in [1.807, 2.05) is 6.07 Å². The summed E-state index contributed by atoms with van der Waals surface area (Å²) in [5.74, 6) is -2.22. The fourth-order valence-electron chi connectivity index (χ4n) is 2.30. The lowest BCUT2D eigenvalue weighted by atomic mass is 10.1. The van der Waals surface area contributed by atoms with Crippen molar-refractivity contribution in [1.29, 1.82) is 0 Å². The Morgan fingerprint density at radius 3 is 2.15 bits per heavy atom. The van der Waals surface area contributed by atoms with Crippen molar-refractivity contribution >= 4 is 17.8 Å². The molecule has 2 aromatic rings.